The molecule has 4 aromatic carbocycles. The van der Waals surface area contributed by atoms with Crippen molar-refractivity contribution >= 4 is 21.8 Å². The minimum atomic E-state index is 0. The Morgan fingerprint density at radius 1 is 0.717 bits per heavy atom. The monoisotopic (exact) mass is 783 g/mol. The van der Waals surface area contributed by atoms with E-state index in [0.717, 1.165) is 39.0 Å². The van der Waals surface area contributed by atoms with Crippen LogP contribution in [0.2, 0.25) is 0 Å². The van der Waals surface area contributed by atoms with Crippen LogP contribution in [-0.2, 0) is 31.9 Å². The number of para-hydroxylation sites is 1. The fourth-order valence-corrected chi connectivity index (χ4v) is 5.65. The van der Waals surface area contributed by atoms with Gasteiger partial charge < -0.3 is 13.9 Å². The Labute approximate surface area is 285 Å². The number of aromatic nitrogens is 4. The largest absolute Gasteiger partial charge is 0.510 e. The third-order valence-electron chi connectivity index (χ3n) is 8.20. The fraction of sp³-hybridized carbons (Fsp3) is 0.200. The molecule has 7 rings (SSSR count). The average Bonchev–Trinajstić information content (AvgIpc) is 3.64. The third-order valence-corrected chi connectivity index (χ3v) is 8.20. The van der Waals surface area contributed by atoms with E-state index >= 15 is 0 Å². The molecule has 0 radical (unpaired) electrons. The summed E-state index contributed by atoms with van der Waals surface area (Å²) in [6.45, 7) is 13.3. The van der Waals surface area contributed by atoms with Gasteiger partial charge >= 0.3 is 0 Å². The first-order valence-corrected chi connectivity index (χ1v) is 15.3. The van der Waals surface area contributed by atoms with E-state index in [1.165, 1.54) is 11.1 Å². The topological polar surface area (TPSA) is 35.9 Å². The van der Waals surface area contributed by atoms with Crippen LogP contribution < -0.4 is 9.30 Å². The van der Waals surface area contributed by atoms with Crippen molar-refractivity contribution in [3.8, 4) is 28.7 Å². The second-order valence-electron chi connectivity index (χ2n) is 13.5. The Bertz CT molecular complexity index is 2180. The maximum atomic E-state index is 6.38. The molecular formula is C40H36N4OPt-2. The number of fused-ring (bicyclic) bond motifs is 3. The van der Waals surface area contributed by atoms with Crippen molar-refractivity contribution in [2.45, 2.75) is 52.4 Å². The summed E-state index contributed by atoms with van der Waals surface area (Å²) in [5.41, 5.74) is 6.47. The smallest absolute Gasteiger partial charge is 0.267 e. The van der Waals surface area contributed by atoms with Gasteiger partial charge in [-0.15, -0.1) is 29.7 Å². The molecule has 0 atom stereocenters. The van der Waals surface area contributed by atoms with Crippen molar-refractivity contribution < 1.29 is 30.4 Å². The molecule has 0 saturated heterocycles. The normalized spacial score (nSPS) is 12.0. The van der Waals surface area contributed by atoms with Crippen LogP contribution in [-0.4, -0.2) is 14.1 Å². The predicted octanol–water partition coefficient (Wildman–Crippen LogP) is 9.03. The zero-order chi connectivity index (χ0) is 31.3. The van der Waals surface area contributed by atoms with Crippen molar-refractivity contribution in [1.29, 1.82) is 0 Å². The van der Waals surface area contributed by atoms with E-state index in [4.69, 9.17) is 9.72 Å². The first kappa shape index (κ1) is 31.5. The number of hydrogen-bond donors (Lipinski definition) is 0. The van der Waals surface area contributed by atoms with E-state index in [1.54, 1.807) is 0 Å². The van der Waals surface area contributed by atoms with Gasteiger partial charge in [0, 0.05) is 56.7 Å². The second-order valence-corrected chi connectivity index (χ2v) is 13.5. The van der Waals surface area contributed by atoms with Crippen LogP contribution in [0, 0.1) is 18.5 Å². The van der Waals surface area contributed by atoms with Crippen molar-refractivity contribution in [2.24, 2.45) is 0 Å². The van der Waals surface area contributed by atoms with Gasteiger partial charge in [0.15, 0.2) is 0 Å². The van der Waals surface area contributed by atoms with Gasteiger partial charge in [0.2, 0.25) is 0 Å². The molecule has 0 bridgehead atoms. The van der Waals surface area contributed by atoms with E-state index in [9.17, 15) is 0 Å². The van der Waals surface area contributed by atoms with E-state index in [1.807, 2.05) is 52.0 Å². The first-order valence-electron chi connectivity index (χ1n) is 15.3. The number of imidazole rings is 1. The van der Waals surface area contributed by atoms with Crippen LogP contribution in [0.25, 0.3) is 39.0 Å². The SMILES string of the molecule is CC(C)(C)c1cccc(-[n+]2[c-]n(-c3[c-]c(Oc4[c-]c5c(cc4)c4ccccc4n5-c4cc(C(C)(C)C)ccn4)ccc3)cc2)c1.[Pt]. The molecule has 7 aromatic rings. The zero-order valence-corrected chi connectivity index (χ0v) is 29.2. The first-order chi connectivity index (χ1) is 21.5. The van der Waals surface area contributed by atoms with Crippen LogP contribution in [0.3, 0.4) is 0 Å². The average molecular weight is 784 g/mol. The molecule has 0 N–H and O–H groups in total. The van der Waals surface area contributed by atoms with Crippen LogP contribution in [0.5, 0.6) is 11.5 Å². The van der Waals surface area contributed by atoms with Gasteiger partial charge in [-0.25, -0.2) is 4.98 Å². The van der Waals surface area contributed by atoms with Gasteiger partial charge in [-0.3, -0.25) is 4.57 Å². The molecule has 0 saturated carbocycles. The summed E-state index contributed by atoms with van der Waals surface area (Å²) in [5, 5.41) is 2.25. The number of nitrogens with zero attached hydrogens (tertiary/aromatic N) is 4. The number of ether oxygens (including phenoxy) is 1. The van der Waals surface area contributed by atoms with Crippen molar-refractivity contribution in [3.05, 3.63) is 139 Å². The van der Waals surface area contributed by atoms with Gasteiger partial charge in [-0.2, -0.15) is 18.2 Å². The minimum Gasteiger partial charge on any atom is -0.510 e. The van der Waals surface area contributed by atoms with Crippen LogP contribution in [0.15, 0.2) is 110 Å². The Balaban J connectivity index is 0.00000372. The molecule has 0 aliphatic heterocycles. The molecule has 3 aromatic heterocycles. The number of rotatable bonds is 5. The maximum absolute atomic E-state index is 6.38. The Morgan fingerprint density at radius 2 is 1.46 bits per heavy atom. The van der Waals surface area contributed by atoms with E-state index in [2.05, 4.69) is 131 Å². The Kier molecular flexibility index (Phi) is 8.25. The number of hydrogen-bond acceptors (Lipinski definition) is 2. The molecule has 0 amide bonds. The van der Waals surface area contributed by atoms with Crippen LogP contribution in [0.1, 0.15) is 52.7 Å². The zero-order valence-electron chi connectivity index (χ0n) is 26.9. The second kappa shape index (κ2) is 12.0. The molecule has 234 valence electrons. The standard InChI is InChI=1S/C40H36N4O.Pt/c1-39(2,3)28-11-9-12-30(23-28)42-21-22-43(27-42)31-13-10-14-32(25-31)45-33-17-18-35-34-15-7-8-16-36(34)44(37(35)26-33)38-24-29(19-20-41-38)40(4,5)6;/h7-24H,1-6H3;/q-2;. The van der Waals surface area contributed by atoms with Crippen LogP contribution >= 0.6 is 0 Å². The summed E-state index contributed by atoms with van der Waals surface area (Å²) in [4.78, 5) is 4.78. The molecule has 5 nitrogen and oxygen atoms in total. The Morgan fingerprint density at radius 3 is 2.26 bits per heavy atom. The molecule has 6 heteroatoms. The molecule has 0 aliphatic rings. The van der Waals surface area contributed by atoms with E-state index in [0.29, 0.717) is 11.5 Å². The summed E-state index contributed by atoms with van der Waals surface area (Å²) in [6, 6.07) is 38.2. The molecule has 0 unspecified atom stereocenters. The predicted molar refractivity (Wildman–Crippen MR) is 180 cm³/mol. The number of pyridine rings is 1. The van der Waals surface area contributed by atoms with Crippen LogP contribution in [0.4, 0.5) is 0 Å². The molecule has 0 spiro atoms. The van der Waals surface area contributed by atoms with Gasteiger partial charge in [-0.1, -0.05) is 77.4 Å². The van der Waals surface area contributed by atoms with Gasteiger partial charge in [0.1, 0.15) is 5.82 Å². The summed E-state index contributed by atoms with van der Waals surface area (Å²) in [7, 11) is 0. The summed E-state index contributed by atoms with van der Waals surface area (Å²) >= 11 is 0. The molecule has 3 heterocycles. The van der Waals surface area contributed by atoms with E-state index < -0.39 is 0 Å². The van der Waals surface area contributed by atoms with Crippen molar-refractivity contribution in [3.63, 3.8) is 0 Å². The summed E-state index contributed by atoms with van der Waals surface area (Å²) < 4.78 is 12.5. The maximum Gasteiger partial charge on any atom is 0.267 e. The van der Waals surface area contributed by atoms with Gasteiger partial charge in [-0.05, 0) is 63.4 Å². The van der Waals surface area contributed by atoms with Crippen molar-refractivity contribution in [1.82, 2.24) is 14.1 Å². The molecule has 0 aliphatic carbocycles. The van der Waals surface area contributed by atoms with E-state index in [-0.39, 0.29) is 31.9 Å². The Hall–Kier alpha value is -4.47. The van der Waals surface area contributed by atoms with Crippen molar-refractivity contribution in [2.75, 3.05) is 0 Å². The molecular weight excluding hydrogens is 748 g/mol. The fourth-order valence-electron chi connectivity index (χ4n) is 5.65. The third kappa shape index (κ3) is 6.04. The summed E-state index contributed by atoms with van der Waals surface area (Å²) in [6.07, 6.45) is 9.30. The van der Waals surface area contributed by atoms with Gasteiger partial charge in [0.05, 0.1) is 5.69 Å². The quantitative estimate of drug-likeness (QED) is 0.129. The van der Waals surface area contributed by atoms with Gasteiger partial charge in [0.25, 0.3) is 6.33 Å². The number of benzene rings is 4. The molecule has 46 heavy (non-hydrogen) atoms. The minimum absolute atomic E-state index is 0. The summed E-state index contributed by atoms with van der Waals surface area (Å²) in [5.74, 6) is 2.07. The molecule has 0 fully saturated rings.